The van der Waals surface area contributed by atoms with Crippen LogP contribution in [-0.2, 0) is 0 Å². The van der Waals surface area contributed by atoms with Gasteiger partial charge in [-0.25, -0.2) is 0 Å². The van der Waals surface area contributed by atoms with Crippen molar-refractivity contribution in [1.29, 1.82) is 0 Å². The number of rotatable bonds is 4. The van der Waals surface area contributed by atoms with Gasteiger partial charge in [-0.05, 0) is 31.5 Å². The Balaban J connectivity index is 2.04. The molecule has 0 aliphatic heterocycles. The summed E-state index contributed by atoms with van der Waals surface area (Å²) in [4.78, 5) is 0. The summed E-state index contributed by atoms with van der Waals surface area (Å²) in [7, 11) is 0. The van der Waals surface area contributed by atoms with Crippen molar-refractivity contribution >= 4 is 15.9 Å². The lowest BCUT2D eigenvalue weighted by Gasteiger charge is -2.18. The third-order valence-electron chi connectivity index (χ3n) is 2.60. The van der Waals surface area contributed by atoms with E-state index in [0.717, 1.165) is 4.47 Å². The van der Waals surface area contributed by atoms with Gasteiger partial charge in [0.1, 0.15) is 0 Å². The summed E-state index contributed by atoms with van der Waals surface area (Å²) in [6, 6.07) is 8.50. The van der Waals surface area contributed by atoms with Crippen molar-refractivity contribution in [3.05, 3.63) is 40.1 Å². The fraction of sp³-hybridized carbons (Fsp3) is 0.364. The molecule has 0 saturated heterocycles. The number of nitrogens with one attached hydrogen (secondary N) is 2. The number of halogens is 1. The van der Waals surface area contributed by atoms with E-state index in [0.29, 0.717) is 5.82 Å². The van der Waals surface area contributed by atoms with E-state index in [1.165, 1.54) is 5.56 Å². The molecule has 0 bridgehead atoms. The standard InChI is InChI=1S/C11H14BrN5/c1-7(9-4-3-5-10(12)6-9)13-8(2)11-14-16-17-15-11/h3-8,13H,1-2H3,(H,14,15,16,17). The molecule has 0 aliphatic rings. The molecule has 1 aromatic heterocycles. The van der Waals surface area contributed by atoms with Crippen LogP contribution in [0.1, 0.15) is 37.3 Å². The zero-order chi connectivity index (χ0) is 12.3. The van der Waals surface area contributed by atoms with Crippen LogP contribution in [0.5, 0.6) is 0 Å². The second-order valence-corrected chi connectivity index (χ2v) is 4.85. The third-order valence-corrected chi connectivity index (χ3v) is 3.09. The van der Waals surface area contributed by atoms with Crippen LogP contribution in [0, 0.1) is 0 Å². The van der Waals surface area contributed by atoms with E-state index >= 15 is 0 Å². The van der Waals surface area contributed by atoms with E-state index in [1.54, 1.807) is 0 Å². The van der Waals surface area contributed by atoms with Gasteiger partial charge >= 0.3 is 0 Å². The van der Waals surface area contributed by atoms with Crippen LogP contribution in [0.4, 0.5) is 0 Å². The Morgan fingerprint density at radius 3 is 2.76 bits per heavy atom. The molecular formula is C11H14BrN5. The molecule has 2 N–H and O–H groups in total. The second-order valence-electron chi connectivity index (χ2n) is 3.94. The summed E-state index contributed by atoms with van der Waals surface area (Å²) in [5, 5.41) is 17.4. The summed E-state index contributed by atoms with van der Waals surface area (Å²) >= 11 is 3.47. The summed E-state index contributed by atoms with van der Waals surface area (Å²) < 4.78 is 1.08. The lowest BCUT2D eigenvalue weighted by molar-refractivity contribution is 0.477. The van der Waals surface area contributed by atoms with Gasteiger partial charge in [0.05, 0.1) is 6.04 Å². The minimum absolute atomic E-state index is 0.0581. The van der Waals surface area contributed by atoms with E-state index < -0.39 is 0 Å². The molecule has 0 radical (unpaired) electrons. The van der Waals surface area contributed by atoms with Crippen molar-refractivity contribution < 1.29 is 0 Å². The number of H-pyrrole nitrogens is 1. The van der Waals surface area contributed by atoms with Gasteiger partial charge in [-0.15, -0.1) is 10.2 Å². The number of nitrogens with zero attached hydrogens (tertiary/aromatic N) is 3. The van der Waals surface area contributed by atoms with Gasteiger partial charge in [-0.3, -0.25) is 0 Å². The molecular weight excluding hydrogens is 282 g/mol. The number of hydrogen-bond acceptors (Lipinski definition) is 4. The topological polar surface area (TPSA) is 66.5 Å². The van der Waals surface area contributed by atoms with Crippen molar-refractivity contribution in [2.45, 2.75) is 25.9 Å². The monoisotopic (exact) mass is 295 g/mol. The van der Waals surface area contributed by atoms with Crippen LogP contribution < -0.4 is 5.32 Å². The van der Waals surface area contributed by atoms with Gasteiger partial charge in [0, 0.05) is 10.5 Å². The highest BCUT2D eigenvalue weighted by atomic mass is 79.9. The fourth-order valence-corrected chi connectivity index (χ4v) is 2.09. The second kappa shape index (κ2) is 5.37. The molecule has 1 aromatic carbocycles. The van der Waals surface area contributed by atoms with Gasteiger partial charge in [0.15, 0.2) is 5.82 Å². The largest absolute Gasteiger partial charge is 0.301 e. The molecule has 2 unspecified atom stereocenters. The smallest absolute Gasteiger partial charge is 0.191 e. The van der Waals surface area contributed by atoms with Crippen LogP contribution in [0.15, 0.2) is 28.7 Å². The Morgan fingerprint density at radius 2 is 2.12 bits per heavy atom. The molecule has 0 saturated carbocycles. The average molecular weight is 296 g/mol. The Kier molecular flexibility index (Phi) is 3.86. The fourth-order valence-electron chi connectivity index (χ4n) is 1.67. The highest BCUT2D eigenvalue weighted by Gasteiger charge is 2.14. The number of aromatic nitrogens is 4. The molecule has 90 valence electrons. The SMILES string of the molecule is CC(NC(C)c1nn[nH]n1)c1cccc(Br)c1. The number of tetrazole rings is 1. The Labute approximate surface area is 108 Å². The van der Waals surface area contributed by atoms with Crippen molar-refractivity contribution in [2.75, 3.05) is 0 Å². The van der Waals surface area contributed by atoms with Gasteiger partial charge in [-0.2, -0.15) is 5.21 Å². The van der Waals surface area contributed by atoms with Crippen LogP contribution in [0.2, 0.25) is 0 Å². The van der Waals surface area contributed by atoms with E-state index in [2.05, 4.69) is 60.9 Å². The minimum atomic E-state index is 0.0581. The Bertz CT molecular complexity index is 470. The molecule has 2 atom stereocenters. The summed E-state index contributed by atoms with van der Waals surface area (Å²) in [5.74, 6) is 0.673. The van der Waals surface area contributed by atoms with E-state index in [-0.39, 0.29) is 12.1 Å². The first-order valence-corrected chi connectivity index (χ1v) is 6.21. The van der Waals surface area contributed by atoms with E-state index in [9.17, 15) is 0 Å². The van der Waals surface area contributed by atoms with E-state index in [1.807, 2.05) is 19.1 Å². The first-order chi connectivity index (χ1) is 8.16. The predicted octanol–water partition coefficient (Wildman–Crippen LogP) is 2.37. The van der Waals surface area contributed by atoms with Crippen LogP contribution in [0.3, 0.4) is 0 Å². The lowest BCUT2D eigenvalue weighted by atomic mass is 10.1. The summed E-state index contributed by atoms with van der Waals surface area (Å²) in [5.41, 5.74) is 1.22. The maximum Gasteiger partial charge on any atom is 0.191 e. The molecule has 0 aliphatic carbocycles. The highest BCUT2D eigenvalue weighted by Crippen LogP contribution is 2.20. The molecule has 17 heavy (non-hydrogen) atoms. The number of aromatic amines is 1. The lowest BCUT2D eigenvalue weighted by Crippen LogP contribution is -2.23. The first kappa shape index (κ1) is 12.2. The average Bonchev–Trinajstić information content (AvgIpc) is 2.82. The molecule has 6 heteroatoms. The number of hydrogen-bond donors (Lipinski definition) is 2. The molecule has 0 amide bonds. The van der Waals surface area contributed by atoms with Gasteiger partial charge in [-0.1, -0.05) is 33.3 Å². The van der Waals surface area contributed by atoms with Crippen LogP contribution in [-0.4, -0.2) is 20.6 Å². The molecule has 0 spiro atoms. The maximum atomic E-state index is 3.96. The van der Waals surface area contributed by atoms with E-state index in [4.69, 9.17) is 0 Å². The summed E-state index contributed by atoms with van der Waals surface area (Å²) in [6.07, 6.45) is 0. The van der Waals surface area contributed by atoms with Crippen molar-refractivity contribution in [3.63, 3.8) is 0 Å². The highest BCUT2D eigenvalue weighted by molar-refractivity contribution is 9.10. The normalized spacial score (nSPS) is 14.5. The van der Waals surface area contributed by atoms with Crippen molar-refractivity contribution in [1.82, 2.24) is 25.9 Å². The van der Waals surface area contributed by atoms with Gasteiger partial charge in [0.25, 0.3) is 0 Å². The maximum absolute atomic E-state index is 3.96. The van der Waals surface area contributed by atoms with Gasteiger partial charge in [0.2, 0.25) is 0 Å². The zero-order valence-corrected chi connectivity index (χ0v) is 11.3. The van der Waals surface area contributed by atoms with Crippen molar-refractivity contribution in [2.24, 2.45) is 0 Å². The molecule has 5 nitrogen and oxygen atoms in total. The number of benzene rings is 1. The quantitative estimate of drug-likeness (QED) is 0.909. The Hall–Kier alpha value is -1.27. The third kappa shape index (κ3) is 3.10. The first-order valence-electron chi connectivity index (χ1n) is 5.41. The van der Waals surface area contributed by atoms with Crippen LogP contribution in [0.25, 0.3) is 0 Å². The van der Waals surface area contributed by atoms with Crippen LogP contribution >= 0.6 is 15.9 Å². The Morgan fingerprint density at radius 1 is 1.29 bits per heavy atom. The minimum Gasteiger partial charge on any atom is -0.301 e. The predicted molar refractivity (Wildman–Crippen MR) is 68.3 cm³/mol. The molecule has 2 rings (SSSR count). The van der Waals surface area contributed by atoms with Crippen molar-refractivity contribution in [3.8, 4) is 0 Å². The summed E-state index contributed by atoms with van der Waals surface area (Å²) in [6.45, 7) is 4.12. The van der Waals surface area contributed by atoms with Gasteiger partial charge < -0.3 is 5.32 Å². The molecule has 0 fully saturated rings. The molecule has 2 aromatic rings. The molecule has 1 heterocycles. The zero-order valence-electron chi connectivity index (χ0n) is 9.68.